The summed E-state index contributed by atoms with van der Waals surface area (Å²) >= 11 is 0. The molecule has 0 aliphatic carbocycles. The molecule has 286 valence electrons. The van der Waals surface area contributed by atoms with Crippen molar-refractivity contribution < 1.29 is 38.2 Å². The van der Waals surface area contributed by atoms with Crippen molar-refractivity contribution in [1.29, 1.82) is 0 Å². The molecule has 0 aliphatic heterocycles. The number of carbonyl (C=O) groups excluding carboxylic acids is 2. The fraction of sp³-hybridized carbons (Fsp3) is 0.690. The van der Waals surface area contributed by atoms with E-state index in [1.54, 1.807) is 0 Å². The minimum Gasteiger partial charge on any atom is -0.477 e. The molecule has 8 nitrogen and oxygen atoms in total. The number of aliphatic carboxylic acids is 1. The van der Waals surface area contributed by atoms with E-state index in [1.807, 2.05) is 21.1 Å². The quantitative estimate of drug-likeness (QED) is 0.0315. The summed E-state index contributed by atoms with van der Waals surface area (Å²) in [4.78, 5) is 36.6. The Bertz CT molecular complexity index is 1010. The van der Waals surface area contributed by atoms with Gasteiger partial charge in [-0.1, -0.05) is 120 Å². The molecule has 0 aliphatic rings. The Morgan fingerprint density at radius 1 is 0.620 bits per heavy atom. The van der Waals surface area contributed by atoms with Crippen molar-refractivity contribution in [2.75, 3.05) is 41.0 Å². The number of rotatable bonds is 33. The molecule has 0 rings (SSSR count). The van der Waals surface area contributed by atoms with Crippen LogP contribution in [0.1, 0.15) is 136 Å². The zero-order valence-electron chi connectivity index (χ0n) is 32.3. The van der Waals surface area contributed by atoms with Crippen LogP contribution in [-0.2, 0) is 28.6 Å². The summed E-state index contributed by atoms with van der Waals surface area (Å²) in [5.41, 5.74) is 0. The number of hydrogen-bond acceptors (Lipinski definition) is 6. The molecule has 0 bridgehead atoms. The van der Waals surface area contributed by atoms with Crippen LogP contribution < -0.4 is 0 Å². The average molecular weight is 703 g/mol. The number of unbranched alkanes of at least 4 members (excludes halogenated alkanes) is 9. The third kappa shape index (κ3) is 31.0. The van der Waals surface area contributed by atoms with Crippen LogP contribution in [0.25, 0.3) is 0 Å². The van der Waals surface area contributed by atoms with Crippen molar-refractivity contribution in [1.82, 2.24) is 0 Å². The molecule has 1 N–H and O–H groups in total. The van der Waals surface area contributed by atoms with Crippen LogP contribution in [0.15, 0.2) is 60.8 Å². The lowest BCUT2D eigenvalue weighted by molar-refractivity contribution is -0.887. The lowest BCUT2D eigenvalue weighted by atomic mass is 10.1. The Morgan fingerprint density at radius 2 is 1.12 bits per heavy atom. The second-order valence-corrected chi connectivity index (χ2v) is 13.8. The largest absolute Gasteiger partial charge is 0.477 e. The fourth-order valence-corrected chi connectivity index (χ4v) is 5.17. The van der Waals surface area contributed by atoms with Crippen molar-refractivity contribution in [3.05, 3.63) is 60.8 Å². The summed E-state index contributed by atoms with van der Waals surface area (Å²) < 4.78 is 17.1. The third-order valence-electron chi connectivity index (χ3n) is 8.18. The standard InChI is InChI=1S/C42H71NO7/c1-6-8-10-12-14-15-16-17-18-19-20-21-22-23-24-25-27-29-31-33-41(45)50-38(36-48-35-34-39(42(46)47)43(3,4)5)37-49-40(44)32-30-28-26-13-11-9-7-2/h8,10,14-15,17-18,20-21,23-24,38-39H,6-7,9,11-13,16,19,22,25-37H2,1-5H3/p+1/b10-8-,15-14-,18-17-,21-20-,24-23-. The summed E-state index contributed by atoms with van der Waals surface area (Å²) in [5.74, 6) is -1.53. The highest BCUT2D eigenvalue weighted by atomic mass is 16.6. The SMILES string of the molecule is CC/C=C\C/C=C\C/C=C\C/C=C\C/C=C\CCCCCC(=O)OC(COCCC(C(=O)O)[N+](C)(C)C)COC(=O)CCCCCCCCC. The highest BCUT2D eigenvalue weighted by Gasteiger charge is 2.31. The predicted molar refractivity (Wildman–Crippen MR) is 206 cm³/mol. The van der Waals surface area contributed by atoms with Gasteiger partial charge in [0.05, 0.1) is 34.4 Å². The Hall–Kier alpha value is -2.97. The lowest BCUT2D eigenvalue weighted by Crippen LogP contribution is -2.50. The molecular formula is C42H72NO7+. The van der Waals surface area contributed by atoms with Crippen LogP contribution >= 0.6 is 0 Å². The van der Waals surface area contributed by atoms with Gasteiger partial charge in [0, 0.05) is 19.3 Å². The summed E-state index contributed by atoms with van der Waals surface area (Å²) in [6, 6.07) is -0.620. The van der Waals surface area contributed by atoms with Gasteiger partial charge in [0.15, 0.2) is 12.1 Å². The van der Waals surface area contributed by atoms with E-state index in [0.717, 1.165) is 77.0 Å². The van der Waals surface area contributed by atoms with Crippen LogP contribution in [0.5, 0.6) is 0 Å². The minimum atomic E-state index is -0.885. The summed E-state index contributed by atoms with van der Waals surface area (Å²) in [5, 5.41) is 9.57. The highest BCUT2D eigenvalue weighted by Crippen LogP contribution is 2.12. The second kappa shape index (κ2) is 33.2. The van der Waals surface area contributed by atoms with Crippen molar-refractivity contribution >= 4 is 17.9 Å². The molecule has 0 fully saturated rings. The van der Waals surface area contributed by atoms with E-state index in [-0.39, 0.29) is 42.7 Å². The van der Waals surface area contributed by atoms with Gasteiger partial charge in [0.2, 0.25) is 0 Å². The second-order valence-electron chi connectivity index (χ2n) is 13.8. The van der Waals surface area contributed by atoms with Crippen LogP contribution in [0.4, 0.5) is 0 Å². The van der Waals surface area contributed by atoms with E-state index in [2.05, 4.69) is 74.6 Å². The van der Waals surface area contributed by atoms with E-state index in [0.29, 0.717) is 12.8 Å². The number of quaternary nitrogens is 1. The number of carboxylic acids is 1. The van der Waals surface area contributed by atoms with Gasteiger partial charge in [0.25, 0.3) is 0 Å². The molecule has 0 aromatic rings. The number of nitrogens with zero attached hydrogens (tertiary/aromatic N) is 1. The zero-order valence-corrected chi connectivity index (χ0v) is 32.3. The summed E-state index contributed by atoms with van der Waals surface area (Å²) in [6.45, 7) is 4.51. The molecule has 0 heterocycles. The molecule has 0 saturated carbocycles. The number of carboxylic acid groups (broad SMARTS) is 1. The molecule has 2 atom stereocenters. The number of carbonyl (C=O) groups is 3. The molecule has 0 saturated heterocycles. The van der Waals surface area contributed by atoms with Crippen molar-refractivity contribution in [2.45, 2.75) is 148 Å². The Kier molecular flexibility index (Phi) is 31.2. The van der Waals surface area contributed by atoms with Crippen molar-refractivity contribution in [2.24, 2.45) is 0 Å². The minimum absolute atomic E-state index is 0.0456. The molecule has 0 aromatic carbocycles. The first-order valence-corrected chi connectivity index (χ1v) is 19.3. The molecular weight excluding hydrogens is 630 g/mol. The first kappa shape index (κ1) is 47.0. The fourth-order valence-electron chi connectivity index (χ4n) is 5.17. The summed E-state index contributed by atoms with van der Waals surface area (Å²) in [7, 11) is 5.49. The molecule has 0 spiro atoms. The molecule has 2 unspecified atom stereocenters. The molecule has 8 heteroatoms. The van der Waals surface area contributed by atoms with E-state index in [4.69, 9.17) is 14.2 Å². The monoisotopic (exact) mass is 703 g/mol. The maximum atomic E-state index is 12.6. The van der Waals surface area contributed by atoms with Crippen LogP contribution in [0.3, 0.4) is 0 Å². The number of likely N-dealkylation sites (N-methyl/N-ethyl adjacent to an activating group) is 1. The Morgan fingerprint density at radius 3 is 1.66 bits per heavy atom. The van der Waals surface area contributed by atoms with E-state index in [9.17, 15) is 19.5 Å². The van der Waals surface area contributed by atoms with Gasteiger partial charge in [-0.2, -0.15) is 0 Å². The Balaban J connectivity index is 4.42. The van der Waals surface area contributed by atoms with Crippen molar-refractivity contribution in [3.8, 4) is 0 Å². The van der Waals surface area contributed by atoms with E-state index in [1.165, 1.54) is 25.7 Å². The maximum Gasteiger partial charge on any atom is 0.362 e. The number of allylic oxidation sites excluding steroid dienone is 10. The predicted octanol–water partition coefficient (Wildman–Crippen LogP) is 9.85. The van der Waals surface area contributed by atoms with Crippen LogP contribution in [0, 0.1) is 0 Å². The normalized spacial score (nSPS) is 13.7. The lowest BCUT2D eigenvalue weighted by Gasteiger charge is -2.31. The van der Waals surface area contributed by atoms with Gasteiger partial charge in [-0.05, 0) is 57.8 Å². The average Bonchev–Trinajstić information content (AvgIpc) is 3.06. The Labute approximate surface area is 305 Å². The zero-order chi connectivity index (χ0) is 37.1. The van der Waals surface area contributed by atoms with Gasteiger partial charge in [-0.25, -0.2) is 4.79 Å². The first-order chi connectivity index (χ1) is 24.1. The maximum absolute atomic E-state index is 12.6. The molecule has 0 radical (unpaired) electrons. The smallest absolute Gasteiger partial charge is 0.362 e. The van der Waals surface area contributed by atoms with Crippen LogP contribution in [-0.4, -0.2) is 80.6 Å². The van der Waals surface area contributed by atoms with Gasteiger partial charge in [0.1, 0.15) is 6.61 Å². The van der Waals surface area contributed by atoms with E-state index >= 15 is 0 Å². The molecule has 0 amide bonds. The number of esters is 2. The van der Waals surface area contributed by atoms with Crippen LogP contribution in [0.2, 0.25) is 0 Å². The van der Waals surface area contributed by atoms with Gasteiger partial charge >= 0.3 is 17.9 Å². The topological polar surface area (TPSA) is 99.1 Å². The van der Waals surface area contributed by atoms with Crippen molar-refractivity contribution in [3.63, 3.8) is 0 Å². The van der Waals surface area contributed by atoms with Gasteiger partial charge < -0.3 is 23.8 Å². The third-order valence-corrected chi connectivity index (χ3v) is 8.18. The molecule has 50 heavy (non-hydrogen) atoms. The van der Waals surface area contributed by atoms with E-state index < -0.39 is 18.1 Å². The number of ether oxygens (including phenoxy) is 3. The highest BCUT2D eigenvalue weighted by molar-refractivity contribution is 5.72. The molecule has 0 aromatic heterocycles. The van der Waals surface area contributed by atoms with Gasteiger partial charge in [-0.15, -0.1) is 0 Å². The first-order valence-electron chi connectivity index (χ1n) is 19.3. The summed E-state index contributed by atoms with van der Waals surface area (Å²) in [6.07, 6.45) is 38.5. The van der Waals surface area contributed by atoms with Gasteiger partial charge in [-0.3, -0.25) is 9.59 Å². The number of hydrogen-bond donors (Lipinski definition) is 1.